The molecule has 0 aliphatic heterocycles. The zero-order valence-corrected chi connectivity index (χ0v) is 7.59. The average Bonchev–Trinajstić information content (AvgIpc) is 2.36. The first-order valence-electron chi connectivity index (χ1n) is 3.75. The zero-order chi connectivity index (χ0) is 8.48. The van der Waals surface area contributed by atoms with Gasteiger partial charge < -0.3 is 9.30 Å². The lowest BCUT2D eigenvalue weighted by molar-refractivity contribution is 0.0132. The summed E-state index contributed by atoms with van der Waals surface area (Å²) in [5.41, 5.74) is 1.01. The SMILES string of the molecule is COC(C)(C)c1cccn1C. The number of aryl methyl sites for hydroxylation is 1. The summed E-state index contributed by atoms with van der Waals surface area (Å²) < 4.78 is 7.41. The molecule has 0 N–H and O–H groups in total. The van der Waals surface area contributed by atoms with Gasteiger partial charge in [-0.25, -0.2) is 0 Å². The van der Waals surface area contributed by atoms with Crippen molar-refractivity contribution in [2.45, 2.75) is 19.4 Å². The zero-order valence-electron chi connectivity index (χ0n) is 7.59. The Kier molecular flexibility index (Phi) is 2.05. The molecule has 1 aromatic heterocycles. The van der Waals surface area contributed by atoms with E-state index in [1.165, 1.54) is 5.69 Å². The summed E-state index contributed by atoms with van der Waals surface area (Å²) in [5, 5.41) is 0. The number of hydrogen-bond donors (Lipinski definition) is 0. The van der Waals surface area contributed by atoms with Crippen LogP contribution in [0.4, 0.5) is 0 Å². The second-order valence-corrected chi connectivity index (χ2v) is 3.22. The van der Waals surface area contributed by atoms with E-state index >= 15 is 0 Å². The van der Waals surface area contributed by atoms with Gasteiger partial charge >= 0.3 is 0 Å². The first-order valence-corrected chi connectivity index (χ1v) is 3.75. The van der Waals surface area contributed by atoms with Crippen molar-refractivity contribution in [1.82, 2.24) is 4.57 Å². The Bertz CT molecular complexity index is 237. The van der Waals surface area contributed by atoms with Crippen LogP contribution in [-0.4, -0.2) is 11.7 Å². The number of aromatic nitrogens is 1. The highest BCUT2D eigenvalue weighted by molar-refractivity contribution is 5.13. The van der Waals surface area contributed by atoms with Gasteiger partial charge in [0.15, 0.2) is 0 Å². The fraction of sp³-hybridized carbons (Fsp3) is 0.556. The van der Waals surface area contributed by atoms with Crippen LogP contribution in [0.15, 0.2) is 18.3 Å². The average molecular weight is 153 g/mol. The summed E-state index contributed by atoms with van der Waals surface area (Å²) in [6.45, 7) is 4.12. The van der Waals surface area contributed by atoms with Crippen LogP contribution in [0.2, 0.25) is 0 Å². The van der Waals surface area contributed by atoms with Gasteiger partial charge in [0.2, 0.25) is 0 Å². The van der Waals surface area contributed by atoms with Crippen LogP contribution in [0, 0.1) is 0 Å². The van der Waals surface area contributed by atoms with E-state index in [0.717, 1.165) is 0 Å². The third kappa shape index (κ3) is 1.46. The third-order valence-corrected chi connectivity index (χ3v) is 2.07. The molecule has 1 heterocycles. The Morgan fingerprint density at radius 3 is 2.45 bits per heavy atom. The van der Waals surface area contributed by atoms with Crippen molar-refractivity contribution < 1.29 is 4.74 Å². The van der Waals surface area contributed by atoms with Crippen LogP contribution < -0.4 is 0 Å². The van der Waals surface area contributed by atoms with Gasteiger partial charge in [-0.3, -0.25) is 0 Å². The van der Waals surface area contributed by atoms with Crippen LogP contribution in [-0.2, 0) is 17.4 Å². The van der Waals surface area contributed by atoms with Gasteiger partial charge in [-0.15, -0.1) is 0 Å². The van der Waals surface area contributed by atoms with E-state index in [4.69, 9.17) is 4.74 Å². The molecule has 0 aliphatic rings. The molecule has 0 saturated carbocycles. The van der Waals surface area contributed by atoms with Gasteiger partial charge in [-0.05, 0) is 26.0 Å². The smallest absolute Gasteiger partial charge is 0.102 e. The summed E-state index contributed by atoms with van der Waals surface area (Å²) in [7, 11) is 3.75. The quantitative estimate of drug-likeness (QED) is 0.633. The van der Waals surface area contributed by atoms with Crippen molar-refractivity contribution in [3.63, 3.8) is 0 Å². The van der Waals surface area contributed by atoms with Gasteiger partial charge in [0.25, 0.3) is 0 Å². The number of methoxy groups -OCH3 is 1. The lowest BCUT2D eigenvalue weighted by Gasteiger charge is -2.23. The van der Waals surface area contributed by atoms with Crippen LogP contribution in [0.3, 0.4) is 0 Å². The Labute approximate surface area is 67.8 Å². The minimum atomic E-state index is -0.182. The maximum Gasteiger partial charge on any atom is 0.102 e. The van der Waals surface area contributed by atoms with E-state index in [2.05, 4.69) is 24.5 Å². The van der Waals surface area contributed by atoms with Crippen molar-refractivity contribution >= 4 is 0 Å². The molecule has 1 rings (SSSR count). The standard InChI is InChI=1S/C9H15NO/c1-9(2,11-4)8-6-5-7-10(8)3/h5-7H,1-4H3. The van der Waals surface area contributed by atoms with Gasteiger partial charge in [-0.1, -0.05) is 0 Å². The second kappa shape index (κ2) is 2.70. The predicted molar refractivity (Wildman–Crippen MR) is 45.4 cm³/mol. The third-order valence-electron chi connectivity index (χ3n) is 2.07. The predicted octanol–water partition coefficient (Wildman–Crippen LogP) is 1.91. The lowest BCUT2D eigenvalue weighted by Crippen LogP contribution is -2.22. The van der Waals surface area contributed by atoms with Gasteiger partial charge in [0, 0.05) is 26.0 Å². The summed E-state index contributed by atoms with van der Waals surface area (Å²) >= 11 is 0. The van der Waals surface area contributed by atoms with E-state index < -0.39 is 0 Å². The van der Waals surface area contributed by atoms with E-state index in [-0.39, 0.29) is 5.60 Å². The molecule has 2 nitrogen and oxygen atoms in total. The minimum Gasteiger partial charge on any atom is -0.373 e. The molecule has 0 spiro atoms. The molecule has 0 aromatic carbocycles. The minimum absolute atomic E-state index is 0.182. The molecule has 11 heavy (non-hydrogen) atoms. The number of hydrogen-bond acceptors (Lipinski definition) is 1. The molecule has 62 valence electrons. The van der Waals surface area contributed by atoms with E-state index in [0.29, 0.717) is 0 Å². The van der Waals surface area contributed by atoms with Crippen LogP contribution in [0.5, 0.6) is 0 Å². The van der Waals surface area contributed by atoms with Crippen molar-refractivity contribution in [2.24, 2.45) is 7.05 Å². The van der Waals surface area contributed by atoms with Crippen molar-refractivity contribution in [2.75, 3.05) is 7.11 Å². The molecule has 1 aromatic rings. The van der Waals surface area contributed by atoms with E-state index in [9.17, 15) is 0 Å². The first kappa shape index (κ1) is 8.34. The lowest BCUT2D eigenvalue weighted by atomic mass is 10.1. The summed E-state index contributed by atoms with van der Waals surface area (Å²) in [5.74, 6) is 0. The summed E-state index contributed by atoms with van der Waals surface area (Å²) in [6.07, 6.45) is 2.02. The Balaban J connectivity index is 3.00. The van der Waals surface area contributed by atoms with Gasteiger partial charge in [0.05, 0.1) is 0 Å². The molecule has 0 atom stereocenters. The maximum atomic E-state index is 5.34. The van der Waals surface area contributed by atoms with Gasteiger partial charge in [-0.2, -0.15) is 0 Å². The Morgan fingerprint density at radius 2 is 2.09 bits per heavy atom. The number of nitrogens with zero attached hydrogens (tertiary/aromatic N) is 1. The molecule has 0 saturated heterocycles. The topological polar surface area (TPSA) is 14.2 Å². The molecular weight excluding hydrogens is 138 g/mol. The highest BCUT2D eigenvalue weighted by atomic mass is 16.5. The largest absolute Gasteiger partial charge is 0.373 e. The normalized spacial score (nSPS) is 12.0. The molecule has 2 heteroatoms. The summed E-state index contributed by atoms with van der Waals surface area (Å²) in [4.78, 5) is 0. The second-order valence-electron chi connectivity index (χ2n) is 3.22. The fourth-order valence-corrected chi connectivity index (χ4v) is 1.19. The number of rotatable bonds is 2. The maximum absolute atomic E-state index is 5.34. The Hall–Kier alpha value is -0.760. The molecular formula is C9H15NO. The Morgan fingerprint density at radius 1 is 1.45 bits per heavy atom. The van der Waals surface area contributed by atoms with E-state index in [1.807, 2.05) is 19.3 Å². The molecule has 0 bridgehead atoms. The summed E-state index contributed by atoms with van der Waals surface area (Å²) in [6, 6.07) is 4.10. The van der Waals surface area contributed by atoms with Crippen molar-refractivity contribution in [3.8, 4) is 0 Å². The molecule has 0 amide bonds. The van der Waals surface area contributed by atoms with Crippen LogP contribution in [0.1, 0.15) is 19.5 Å². The van der Waals surface area contributed by atoms with Crippen molar-refractivity contribution in [1.29, 1.82) is 0 Å². The number of ether oxygens (including phenoxy) is 1. The molecule has 0 radical (unpaired) electrons. The highest BCUT2D eigenvalue weighted by Gasteiger charge is 2.21. The van der Waals surface area contributed by atoms with Crippen molar-refractivity contribution in [3.05, 3.63) is 24.0 Å². The molecule has 0 unspecified atom stereocenters. The molecule has 0 aliphatic carbocycles. The monoisotopic (exact) mass is 153 g/mol. The highest BCUT2D eigenvalue weighted by Crippen LogP contribution is 2.22. The van der Waals surface area contributed by atoms with E-state index in [1.54, 1.807) is 7.11 Å². The molecule has 0 fully saturated rings. The van der Waals surface area contributed by atoms with Gasteiger partial charge in [0.1, 0.15) is 5.60 Å². The fourth-order valence-electron chi connectivity index (χ4n) is 1.19. The van der Waals surface area contributed by atoms with Crippen LogP contribution >= 0.6 is 0 Å². The first-order chi connectivity index (χ1) is 5.08. The van der Waals surface area contributed by atoms with Crippen LogP contribution in [0.25, 0.3) is 0 Å².